The van der Waals surface area contributed by atoms with E-state index in [4.69, 9.17) is 18.9 Å². The smallest absolute Gasteiger partial charge is 0.228 e. The molecule has 0 fully saturated rings. The first-order valence-electron chi connectivity index (χ1n) is 11.0. The van der Waals surface area contributed by atoms with Crippen LogP contribution in [0.15, 0.2) is 54.4 Å². The first-order chi connectivity index (χ1) is 17.0. The number of amides is 1. The molecule has 1 aliphatic rings. The Hall–Kier alpha value is -4.33. The first-order valence-corrected chi connectivity index (χ1v) is 11.0. The normalized spacial score (nSPS) is 13.5. The van der Waals surface area contributed by atoms with Crippen molar-refractivity contribution in [3.05, 3.63) is 71.1 Å². The molecule has 0 bridgehead atoms. The van der Waals surface area contributed by atoms with Crippen molar-refractivity contribution in [2.45, 2.75) is 13.3 Å². The number of methoxy groups -OCH3 is 4. The van der Waals surface area contributed by atoms with Gasteiger partial charge in [-0.1, -0.05) is 6.07 Å². The van der Waals surface area contributed by atoms with Crippen molar-refractivity contribution in [2.75, 3.05) is 33.8 Å². The molecule has 8 nitrogen and oxygen atoms in total. The second-order valence-corrected chi connectivity index (χ2v) is 7.89. The number of carbonyl (C=O) groups is 1. The number of fused-ring (bicyclic) bond motifs is 1. The van der Waals surface area contributed by atoms with Gasteiger partial charge >= 0.3 is 0 Å². The summed E-state index contributed by atoms with van der Waals surface area (Å²) in [4.78, 5) is 12.9. The van der Waals surface area contributed by atoms with Gasteiger partial charge in [0.25, 0.3) is 0 Å². The van der Waals surface area contributed by atoms with Crippen LogP contribution in [0, 0.1) is 0 Å². The SMILES string of the molecule is COc1ccc2c(c1)C(CC(=O)Nc1ccnnc1)=C(C)C2=Cc1cc(OC)c(OC)c(OC)c1. The number of anilines is 1. The maximum absolute atomic E-state index is 12.9. The molecular weight excluding hydrogens is 446 g/mol. The fraction of sp³-hybridized carbons (Fsp3) is 0.222. The predicted octanol–water partition coefficient (Wildman–Crippen LogP) is 4.87. The van der Waals surface area contributed by atoms with Gasteiger partial charge in [0.1, 0.15) is 5.75 Å². The molecule has 3 aromatic rings. The number of allylic oxidation sites excluding steroid dienone is 2. The predicted molar refractivity (Wildman–Crippen MR) is 135 cm³/mol. The first kappa shape index (κ1) is 23.8. The van der Waals surface area contributed by atoms with E-state index >= 15 is 0 Å². The van der Waals surface area contributed by atoms with Crippen LogP contribution in [0.1, 0.15) is 30.0 Å². The van der Waals surface area contributed by atoms with Gasteiger partial charge in [-0.05, 0) is 76.7 Å². The maximum Gasteiger partial charge on any atom is 0.228 e. The minimum Gasteiger partial charge on any atom is -0.497 e. The third-order valence-corrected chi connectivity index (χ3v) is 5.90. The Balaban J connectivity index is 1.77. The zero-order chi connectivity index (χ0) is 24.9. The molecule has 180 valence electrons. The van der Waals surface area contributed by atoms with Crippen molar-refractivity contribution >= 4 is 28.8 Å². The number of carbonyl (C=O) groups excluding carboxylic acids is 1. The zero-order valence-electron chi connectivity index (χ0n) is 20.3. The van der Waals surface area contributed by atoms with Crippen LogP contribution in [0.4, 0.5) is 5.69 Å². The van der Waals surface area contributed by atoms with E-state index in [2.05, 4.69) is 21.6 Å². The number of benzene rings is 2. The summed E-state index contributed by atoms with van der Waals surface area (Å²) in [5.41, 5.74) is 6.39. The molecule has 35 heavy (non-hydrogen) atoms. The van der Waals surface area contributed by atoms with E-state index < -0.39 is 0 Å². The van der Waals surface area contributed by atoms with Crippen molar-refractivity contribution in [1.29, 1.82) is 0 Å². The highest BCUT2D eigenvalue weighted by Gasteiger charge is 2.26. The number of hydrogen-bond donors (Lipinski definition) is 1. The lowest BCUT2D eigenvalue weighted by Gasteiger charge is -2.13. The molecular formula is C27H27N3O5. The van der Waals surface area contributed by atoms with Crippen LogP contribution in [0.2, 0.25) is 0 Å². The van der Waals surface area contributed by atoms with Crippen LogP contribution in [-0.4, -0.2) is 44.5 Å². The molecule has 1 amide bonds. The third kappa shape index (κ3) is 4.82. The highest BCUT2D eigenvalue weighted by molar-refractivity contribution is 6.10. The number of aromatic nitrogens is 2. The number of rotatable bonds is 8. The third-order valence-electron chi connectivity index (χ3n) is 5.90. The van der Waals surface area contributed by atoms with E-state index in [0.717, 1.165) is 39.2 Å². The maximum atomic E-state index is 12.9. The monoisotopic (exact) mass is 473 g/mol. The van der Waals surface area contributed by atoms with E-state index in [1.54, 1.807) is 34.5 Å². The molecule has 0 saturated carbocycles. The van der Waals surface area contributed by atoms with Crippen molar-refractivity contribution in [2.24, 2.45) is 0 Å². The van der Waals surface area contributed by atoms with Crippen molar-refractivity contribution in [3.63, 3.8) is 0 Å². The molecule has 0 radical (unpaired) electrons. The Morgan fingerprint density at radius 1 is 0.914 bits per heavy atom. The summed E-state index contributed by atoms with van der Waals surface area (Å²) < 4.78 is 21.9. The lowest BCUT2D eigenvalue weighted by Crippen LogP contribution is -2.12. The minimum absolute atomic E-state index is 0.143. The second kappa shape index (κ2) is 10.3. The van der Waals surface area contributed by atoms with E-state index in [1.807, 2.05) is 37.3 Å². The Morgan fingerprint density at radius 3 is 2.26 bits per heavy atom. The van der Waals surface area contributed by atoms with Crippen LogP contribution in [-0.2, 0) is 4.79 Å². The molecule has 0 atom stereocenters. The van der Waals surface area contributed by atoms with Gasteiger partial charge in [0.05, 0.1) is 52.9 Å². The quantitative estimate of drug-likeness (QED) is 0.499. The topological polar surface area (TPSA) is 91.8 Å². The summed E-state index contributed by atoms with van der Waals surface area (Å²) in [5.74, 6) is 2.25. The molecule has 0 saturated heterocycles. The fourth-order valence-corrected chi connectivity index (χ4v) is 4.20. The van der Waals surface area contributed by atoms with Gasteiger partial charge < -0.3 is 24.3 Å². The van der Waals surface area contributed by atoms with E-state index in [9.17, 15) is 4.79 Å². The highest BCUT2D eigenvalue weighted by atomic mass is 16.5. The lowest BCUT2D eigenvalue weighted by molar-refractivity contribution is -0.115. The van der Waals surface area contributed by atoms with Crippen LogP contribution in [0.3, 0.4) is 0 Å². The number of hydrogen-bond acceptors (Lipinski definition) is 7. The van der Waals surface area contributed by atoms with Gasteiger partial charge in [0, 0.05) is 0 Å². The van der Waals surface area contributed by atoms with Gasteiger partial charge in [-0.25, -0.2) is 0 Å². The average molecular weight is 474 g/mol. The average Bonchev–Trinajstić information content (AvgIpc) is 3.13. The standard InChI is InChI=1S/C27H27N3O5/c1-16-21(10-17-11-24(33-3)27(35-5)25(12-17)34-4)20-7-6-19(32-2)13-23(20)22(16)14-26(31)30-18-8-9-28-29-15-18/h6-13,15H,14H2,1-5H3,(H,28,30,31). The summed E-state index contributed by atoms with van der Waals surface area (Å²) in [6.07, 6.45) is 5.30. The van der Waals surface area contributed by atoms with Crippen LogP contribution in [0.25, 0.3) is 17.2 Å². The summed E-state index contributed by atoms with van der Waals surface area (Å²) >= 11 is 0. The lowest BCUT2D eigenvalue weighted by atomic mass is 10.00. The molecule has 0 spiro atoms. The molecule has 1 aliphatic carbocycles. The zero-order valence-corrected chi connectivity index (χ0v) is 20.3. The second-order valence-electron chi connectivity index (χ2n) is 7.89. The Kier molecular flexibility index (Phi) is 7.01. The molecule has 0 aliphatic heterocycles. The Bertz CT molecular complexity index is 1290. The van der Waals surface area contributed by atoms with Crippen LogP contribution < -0.4 is 24.3 Å². The van der Waals surface area contributed by atoms with Crippen LogP contribution in [0.5, 0.6) is 23.0 Å². The molecule has 4 rings (SSSR count). The van der Waals surface area contributed by atoms with Crippen molar-refractivity contribution in [1.82, 2.24) is 10.2 Å². The van der Waals surface area contributed by atoms with Crippen LogP contribution >= 0.6 is 0 Å². The van der Waals surface area contributed by atoms with Gasteiger partial charge in [-0.15, -0.1) is 0 Å². The largest absolute Gasteiger partial charge is 0.497 e. The highest BCUT2D eigenvalue weighted by Crippen LogP contribution is 2.46. The van der Waals surface area contributed by atoms with E-state index in [0.29, 0.717) is 22.9 Å². The number of nitrogens with one attached hydrogen (secondary N) is 1. The van der Waals surface area contributed by atoms with Gasteiger partial charge in [-0.3, -0.25) is 4.79 Å². The summed E-state index contributed by atoms with van der Waals surface area (Å²) in [6, 6.07) is 11.4. The summed E-state index contributed by atoms with van der Waals surface area (Å²) in [7, 11) is 6.38. The molecule has 2 aromatic carbocycles. The van der Waals surface area contributed by atoms with Gasteiger partial charge in [0.2, 0.25) is 11.7 Å². The molecule has 8 heteroatoms. The summed E-state index contributed by atoms with van der Waals surface area (Å²) in [6.45, 7) is 2.02. The number of nitrogens with zero attached hydrogens (tertiary/aromatic N) is 2. The molecule has 1 heterocycles. The fourth-order valence-electron chi connectivity index (χ4n) is 4.20. The summed E-state index contributed by atoms with van der Waals surface area (Å²) in [5, 5.41) is 10.4. The van der Waals surface area contributed by atoms with E-state index in [1.165, 1.54) is 12.4 Å². The Labute approximate surface area is 204 Å². The molecule has 1 aromatic heterocycles. The molecule has 0 unspecified atom stereocenters. The van der Waals surface area contributed by atoms with Crippen molar-refractivity contribution < 1.29 is 23.7 Å². The minimum atomic E-state index is -0.143. The number of ether oxygens (including phenoxy) is 4. The van der Waals surface area contributed by atoms with Gasteiger partial charge in [0.15, 0.2) is 11.5 Å². The Morgan fingerprint density at radius 2 is 1.66 bits per heavy atom. The van der Waals surface area contributed by atoms with E-state index in [-0.39, 0.29) is 12.3 Å². The van der Waals surface area contributed by atoms with Crippen molar-refractivity contribution in [3.8, 4) is 23.0 Å². The van der Waals surface area contributed by atoms with Gasteiger partial charge in [-0.2, -0.15) is 10.2 Å². The molecule has 1 N–H and O–H groups in total.